The number of hydrogen-bond acceptors (Lipinski definition) is 7. The molecule has 1 aliphatic heterocycles. The molecule has 0 unspecified atom stereocenters. The van der Waals surface area contributed by atoms with Crippen molar-refractivity contribution in [2.24, 2.45) is 5.73 Å². The van der Waals surface area contributed by atoms with Crippen LogP contribution in [0.25, 0.3) is 11.4 Å². The fourth-order valence-corrected chi connectivity index (χ4v) is 5.23. The third-order valence-electron chi connectivity index (χ3n) is 7.06. The van der Waals surface area contributed by atoms with E-state index in [0.29, 0.717) is 11.4 Å². The lowest BCUT2D eigenvalue weighted by Gasteiger charge is -2.26. The SMILES string of the molecule is C/C=C(F)\C=C/CC.CC.CCCN.Fc1ccc(C2CC2)cc1.O=C(NCC(=O)N1CCS(=O)(=O)CC1)c1ccc(-c2ncccn2)cc1. The summed E-state index contributed by atoms with van der Waals surface area (Å²) >= 11 is 0. The van der Waals surface area contributed by atoms with Gasteiger partial charge in [0.1, 0.15) is 11.6 Å². The van der Waals surface area contributed by atoms with Crippen LogP contribution in [-0.2, 0) is 14.6 Å². The van der Waals surface area contributed by atoms with Crippen molar-refractivity contribution in [1.29, 1.82) is 0 Å². The largest absolute Gasteiger partial charge is 0.343 e. The number of halogens is 2. The third kappa shape index (κ3) is 17.9. The number of benzene rings is 2. The Labute approximate surface area is 297 Å². The maximum Gasteiger partial charge on any atom is 0.251 e. The summed E-state index contributed by atoms with van der Waals surface area (Å²) in [4.78, 5) is 34.0. The van der Waals surface area contributed by atoms with Crippen LogP contribution in [0.5, 0.6) is 0 Å². The number of nitrogens with one attached hydrogen (secondary N) is 1. The van der Waals surface area contributed by atoms with Crippen LogP contribution in [-0.4, -0.2) is 72.8 Å². The molecule has 12 heteroatoms. The number of rotatable bonds is 8. The second-order valence-corrected chi connectivity index (χ2v) is 13.3. The minimum atomic E-state index is -3.04. The van der Waals surface area contributed by atoms with Gasteiger partial charge in [-0.2, -0.15) is 0 Å². The predicted octanol–water partition coefficient (Wildman–Crippen LogP) is 7.04. The van der Waals surface area contributed by atoms with Gasteiger partial charge in [0, 0.05) is 36.6 Å². The number of amides is 2. The molecule has 2 fully saturated rings. The van der Waals surface area contributed by atoms with Gasteiger partial charge in [-0.25, -0.2) is 27.2 Å². The van der Waals surface area contributed by atoms with Gasteiger partial charge in [0.2, 0.25) is 5.91 Å². The number of hydrogen-bond donors (Lipinski definition) is 2. The molecular weight excluding hydrogens is 661 g/mol. The van der Waals surface area contributed by atoms with Gasteiger partial charge in [0.15, 0.2) is 15.7 Å². The molecule has 2 aromatic carbocycles. The van der Waals surface area contributed by atoms with Crippen molar-refractivity contribution in [3.63, 3.8) is 0 Å². The van der Waals surface area contributed by atoms with Gasteiger partial charge in [-0.1, -0.05) is 64.1 Å². The molecule has 1 aromatic heterocycles. The van der Waals surface area contributed by atoms with E-state index < -0.39 is 9.84 Å². The number of aromatic nitrogens is 2. The summed E-state index contributed by atoms with van der Waals surface area (Å²) in [6, 6.07) is 15.3. The summed E-state index contributed by atoms with van der Waals surface area (Å²) in [6.45, 7) is 10.7. The minimum Gasteiger partial charge on any atom is -0.343 e. The normalized spacial score (nSPS) is 14.6. The molecule has 3 N–H and O–H groups in total. The highest BCUT2D eigenvalue weighted by atomic mass is 32.2. The van der Waals surface area contributed by atoms with Crippen molar-refractivity contribution in [3.05, 3.63) is 108 Å². The highest BCUT2D eigenvalue weighted by Gasteiger charge is 2.25. The molecule has 274 valence electrons. The molecule has 2 heterocycles. The number of carbonyl (C=O) groups is 2. The Hall–Kier alpha value is -4.29. The Morgan fingerprint density at radius 1 is 0.980 bits per heavy atom. The molecule has 0 bridgehead atoms. The Morgan fingerprint density at radius 2 is 1.54 bits per heavy atom. The summed E-state index contributed by atoms with van der Waals surface area (Å²) in [6.07, 6.45) is 12.5. The third-order valence-corrected chi connectivity index (χ3v) is 8.67. The molecule has 0 spiro atoms. The number of nitrogens with two attached hydrogens (primary N) is 1. The second-order valence-electron chi connectivity index (χ2n) is 11.0. The van der Waals surface area contributed by atoms with Crippen molar-refractivity contribution in [1.82, 2.24) is 20.2 Å². The van der Waals surface area contributed by atoms with Crippen LogP contribution in [0.2, 0.25) is 0 Å². The molecule has 2 amide bonds. The zero-order chi connectivity index (χ0) is 37.4. The summed E-state index contributed by atoms with van der Waals surface area (Å²) < 4.78 is 47.2. The highest BCUT2D eigenvalue weighted by Crippen LogP contribution is 2.39. The fourth-order valence-electron chi connectivity index (χ4n) is 4.03. The van der Waals surface area contributed by atoms with Gasteiger partial charge < -0.3 is 16.0 Å². The molecule has 1 saturated heterocycles. The number of carbonyl (C=O) groups excluding carboxylic acids is 2. The summed E-state index contributed by atoms with van der Waals surface area (Å²) in [5, 5.41) is 2.57. The molecule has 5 rings (SSSR count). The molecule has 2 aliphatic rings. The summed E-state index contributed by atoms with van der Waals surface area (Å²) in [5.41, 5.74) is 7.52. The van der Waals surface area contributed by atoms with Crippen LogP contribution in [0.1, 0.15) is 82.1 Å². The highest BCUT2D eigenvalue weighted by molar-refractivity contribution is 7.91. The van der Waals surface area contributed by atoms with E-state index >= 15 is 0 Å². The number of allylic oxidation sites excluding steroid dienone is 4. The summed E-state index contributed by atoms with van der Waals surface area (Å²) in [5.74, 6) is 0.281. The van der Waals surface area contributed by atoms with Crippen LogP contribution in [0, 0.1) is 5.82 Å². The first-order chi connectivity index (χ1) is 24.0. The van der Waals surface area contributed by atoms with Gasteiger partial charge in [-0.05, 0) is 87.0 Å². The van der Waals surface area contributed by atoms with E-state index in [1.165, 1.54) is 47.6 Å². The van der Waals surface area contributed by atoms with Gasteiger partial charge in [0.05, 0.1) is 18.1 Å². The van der Waals surface area contributed by atoms with Gasteiger partial charge >= 0.3 is 0 Å². The van der Waals surface area contributed by atoms with Gasteiger partial charge in [-0.3, -0.25) is 9.59 Å². The molecule has 0 atom stereocenters. The smallest absolute Gasteiger partial charge is 0.251 e. The van der Waals surface area contributed by atoms with E-state index in [9.17, 15) is 26.8 Å². The first-order valence-corrected chi connectivity index (χ1v) is 18.9. The predicted molar refractivity (Wildman–Crippen MR) is 198 cm³/mol. The monoisotopic (exact) mass is 713 g/mol. The van der Waals surface area contributed by atoms with Crippen LogP contribution in [0.15, 0.2) is 91.0 Å². The minimum absolute atomic E-state index is 0.0320. The maximum atomic E-state index is 12.4. The quantitative estimate of drug-likeness (QED) is 0.239. The average Bonchev–Trinajstić information content (AvgIpc) is 4.01. The lowest BCUT2D eigenvalue weighted by Crippen LogP contribution is -2.47. The zero-order valence-corrected chi connectivity index (χ0v) is 30.8. The van der Waals surface area contributed by atoms with E-state index in [2.05, 4.69) is 22.2 Å². The number of sulfone groups is 1. The van der Waals surface area contributed by atoms with E-state index in [1.54, 1.807) is 55.7 Å². The molecule has 9 nitrogen and oxygen atoms in total. The topological polar surface area (TPSA) is 135 Å². The van der Waals surface area contributed by atoms with Crippen LogP contribution in [0.4, 0.5) is 8.78 Å². The Kier molecular flexibility index (Phi) is 21.7. The Balaban J connectivity index is 0.000000424. The first-order valence-electron chi connectivity index (χ1n) is 17.1. The molecular formula is C38H53F2N5O4S. The van der Waals surface area contributed by atoms with Crippen LogP contribution in [0.3, 0.4) is 0 Å². The van der Waals surface area contributed by atoms with Gasteiger partial charge in [0.25, 0.3) is 5.91 Å². The second kappa shape index (κ2) is 24.8. The zero-order valence-electron chi connectivity index (χ0n) is 29.9. The molecule has 50 heavy (non-hydrogen) atoms. The molecule has 1 aliphatic carbocycles. The Morgan fingerprint density at radius 3 is 2.02 bits per heavy atom. The van der Waals surface area contributed by atoms with E-state index in [4.69, 9.17) is 5.73 Å². The van der Waals surface area contributed by atoms with E-state index in [0.717, 1.165) is 30.9 Å². The van der Waals surface area contributed by atoms with Gasteiger partial charge in [-0.15, -0.1) is 0 Å². The number of nitrogens with zero attached hydrogens (tertiary/aromatic N) is 3. The Bertz CT molecular complexity index is 1550. The lowest BCUT2D eigenvalue weighted by molar-refractivity contribution is -0.129. The van der Waals surface area contributed by atoms with Crippen LogP contribution >= 0.6 is 0 Å². The van der Waals surface area contributed by atoms with Crippen molar-refractivity contribution < 1.29 is 26.8 Å². The summed E-state index contributed by atoms with van der Waals surface area (Å²) in [7, 11) is -3.04. The van der Waals surface area contributed by atoms with Crippen molar-refractivity contribution >= 4 is 21.7 Å². The maximum absolute atomic E-state index is 12.4. The van der Waals surface area contributed by atoms with Crippen LogP contribution < -0.4 is 11.1 Å². The first kappa shape index (κ1) is 43.7. The van der Waals surface area contributed by atoms with E-state index in [-0.39, 0.29) is 54.6 Å². The molecule has 0 radical (unpaired) electrons. The van der Waals surface area contributed by atoms with Crippen molar-refractivity contribution in [2.45, 2.75) is 66.2 Å². The molecule has 3 aromatic rings. The van der Waals surface area contributed by atoms with E-state index in [1.807, 2.05) is 32.9 Å². The average molecular weight is 714 g/mol. The van der Waals surface area contributed by atoms with Crippen molar-refractivity contribution in [3.8, 4) is 11.4 Å². The van der Waals surface area contributed by atoms with Crippen molar-refractivity contribution in [2.75, 3.05) is 37.7 Å². The molecule has 1 saturated carbocycles. The fraction of sp³-hybridized carbons (Fsp3) is 0.421. The lowest BCUT2D eigenvalue weighted by atomic mass is 10.1. The standard InChI is InChI=1S/C17H18N4O4S.C9H9F.C7H11F.C3H9N.C2H6/c22-15(21-8-10-26(24,25)11-9-21)12-20-17(23)14-4-2-13(3-5-14)16-18-6-1-7-19-16;10-9-5-3-8(4-6-9)7-1-2-7;1-3-5-6-7(8)4-2;1-2-3-4;1-2/h1-7H,8-12H2,(H,20,23);3-7H,1-2H2;4-6H,3H2,1-2H3;2-4H2,1H3;1-2H3/b;;6-5-,7-4+;;.